The highest BCUT2D eigenvalue weighted by Crippen LogP contribution is 2.18. The second-order valence-electron chi connectivity index (χ2n) is 3.19. The monoisotopic (exact) mass is 214 g/mol. The topological polar surface area (TPSA) is 62.2 Å². The van der Waals surface area contributed by atoms with Gasteiger partial charge in [-0.05, 0) is 24.3 Å². The Morgan fingerprint density at radius 2 is 1.88 bits per heavy atom. The van der Waals surface area contributed by atoms with Gasteiger partial charge in [0, 0.05) is 6.20 Å². The van der Waals surface area contributed by atoms with Crippen LogP contribution in [0.15, 0.2) is 48.7 Å². The summed E-state index contributed by atoms with van der Waals surface area (Å²) in [4.78, 5) is 15.0. The number of rotatable bonds is 3. The first-order chi connectivity index (χ1) is 7.77. The van der Waals surface area contributed by atoms with Crippen molar-refractivity contribution in [3.8, 4) is 0 Å². The molecule has 0 amide bonds. The van der Waals surface area contributed by atoms with Crippen molar-refractivity contribution in [2.24, 2.45) is 0 Å². The minimum atomic E-state index is -0.959. The van der Waals surface area contributed by atoms with E-state index in [1.54, 1.807) is 42.6 Å². The lowest BCUT2D eigenvalue weighted by molar-refractivity contribution is 0.0698. The van der Waals surface area contributed by atoms with Crippen LogP contribution in [0.5, 0.6) is 0 Å². The summed E-state index contributed by atoms with van der Waals surface area (Å²) in [5.74, 6) is -0.338. The Hall–Kier alpha value is -2.36. The van der Waals surface area contributed by atoms with Crippen LogP contribution in [0.2, 0.25) is 0 Å². The van der Waals surface area contributed by atoms with Gasteiger partial charge in [-0.1, -0.05) is 18.2 Å². The Labute approximate surface area is 92.6 Å². The predicted octanol–water partition coefficient (Wildman–Crippen LogP) is 2.52. The largest absolute Gasteiger partial charge is 0.478 e. The molecule has 0 saturated heterocycles. The summed E-state index contributed by atoms with van der Waals surface area (Å²) in [7, 11) is 0. The number of carbonyl (C=O) groups is 1. The van der Waals surface area contributed by atoms with Crippen molar-refractivity contribution in [2.45, 2.75) is 0 Å². The summed E-state index contributed by atoms with van der Waals surface area (Å²) in [5.41, 5.74) is 0.766. The van der Waals surface area contributed by atoms with E-state index in [1.165, 1.54) is 0 Å². The van der Waals surface area contributed by atoms with E-state index in [9.17, 15) is 4.79 Å². The smallest absolute Gasteiger partial charge is 0.337 e. The van der Waals surface area contributed by atoms with Crippen LogP contribution in [-0.2, 0) is 0 Å². The summed E-state index contributed by atoms with van der Waals surface area (Å²) in [6, 6.07) is 12.1. The van der Waals surface area contributed by atoms with E-state index in [-0.39, 0.29) is 5.56 Å². The lowest BCUT2D eigenvalue weighted by Gasteiger charge is -2.07. The zero-order valence-electron chi connectivity index (χ0n) is 8.42. The Kier molecular flexibility index (Phi) is 2.82. The van der Waals surface area contributed by atoms with Gasteiger partial charge in [-0.3, -0.25) is 0 Å². The van der Waals surface area contributed by atoms with Crippen molar-refractivity contribution in [1.29, 1.82) is 0 Å². The Morgan fingerprint density at radius 1 is 1.12 bits per heavy atom. The van der Waals surface area contributed by atoms with Crippen LogP contribution in [-0.4, -0.2) is 16.1 Å². The fraction of sp³-hybridized carbons (Fsp3) is 0. The van der Waals surface area contributed by atoms with Crippen LogP contribution in [0.3, 0.4) is 0 Å². The van der Waals surface area contributed by atoms with E-state index in [1.807, 2.05) is 6.07 Å². The van der Waals surface area contributed by atoms with Crippen molar-refractivity contribution in [3.63, 3.8) is 0 Å². The summed E-state index contributed by atoms with van der Waals surface area (Å²) in [6.45, 7) is 0. The fourth-order valence-corrected chi connectivity index (χ4v) is 1.35. The number of hydrogen-bond acceptors (Lipinski definition) is 3. The second-order valence-corrected chi connectivity index (χ2v) is 3.19. The van der Waals surface area contributed by atoms with Crippen LogP contribution in [0.4, 0.5) is 11.5 Å². The first-order valence-electron chi connectivity index (χ1n) is 4.78. The molecule has 1 aromatic carbocycles. The molecule has 2 N–H and O–H groups in total. The normalized spacial score (nSPS) is 9.75. The number of nitrogens with one attached hydrogen (secondary N) is 1. The number of benzene rings is 1. The van der Waals surface area contributed by atoms with Crippen molar-refractivity contribution in [3.05, 3.63) is 54.2 Å². The molecule has 2 aromatic rings. The third-order valence-corrected chi connectivity index (χ3v) is 2.09. The number of nitrogens with zero attached hydrogens (tertiary/aromatic N) is 1. The predicted molar refractivity (Wildman–Crippen MR) is 60.9 cm³/mol. The molecule has 0 fully saturated rings. The van der Waals surface area contributed by atoms with Gasteiger partial charge in [0.1, 0.15) is 5.82 Å². The highest BCUT2D eigenvalue weighted by Gasteiger charge is 2.08. The molecule has 0 bridgehead atoms. The van der Waals surface area contributed by atoms with Gasteiger partial charge < -0.3 is 10.4 Å². The average Bonchev–Trinajstić information content (AvgIpc) is 2.31. The highest BCUT2D eigenvalue weighted by atomic mass is 16.4. The number of anilines is 2. The molecule has 0 radical (unpaired) electrons. The minimum Gasteiger partial charge on any atom is -0.478 e. The average molecular weight is 214 g/mol. The SMILES string of the molecule is O=C(O)c1ccccc1Nc1ccccn1. The Morgan fingerprint density at radius 3 is 2.56 bits per heavy atom. The number of hydrogen-bond donors (Lipinski definition) is 2. The molecule has 0 unspecified atom stereocenters. The molecule has 80 valence electrons. The summed E-state index contributed by atoms with van der Waals surface area (Å²) in [6.07, 6.45) is 1.64. The second kappa shape index (κ2) is 4.44. The van der Waals surface area contributed by atoms with Crippen LogP contribution < -0.4 is 5.32 Å². The maximum Gasteiger partial charge on any atom is 0.337 e. The molecule has 0 aliphatic heterocycles. The van der Waals surface area contributed by atoms with Gasteiger partial charge in [-0.25, -0.2) is 9.78 Å². The molecule has 2 rings (SSSR count). The van der Waals surface area contributed by atoms with E-state index >= 15 is 0 Å². The van der Waals surface area contributed by atoms with Gasteiger partial charge in [-0.15, -0.1) is 0 Å². The van der Waals surface area contributed by atoms with Crippen LogP contribution in [0.25, 0.3) is 0 Å². The molecule has 1 heterocycles. The van der Waals surface area contributed by atoms with Gasteiger partial charge in [0.25, 0.3) is 0 Å². The molecule has 16 heavy (non-hydrogen) atoms. The van der Waals surface area contributed by atoms with Crippen molar-refractivity contribution in [2.75, 3.05) is 5.32 Å². The standard InChI is InChI=1S/C12H10N2O2/c15-12(16)9-5-1-2-6-10(9)14-11-7-3-4-8-13-11/h1-8H,(H,13,14)(H,15,16). The Balaban J connectivity index is 2.31. The van der Waals surface area contributed by atoms with E-state index in [0.717, 1.165) is 0 Å². The molecule has 0 saturated carbocycles. The maximum atomic E-state index is 11.0. The number of pyridine rings is 1. The van der Waals surface area contributed by atoms with Crippen LogP contribution in [0, 0.1) is 0 Å². The van der Waals surface area contributed by atoms with Crippen LogP contribution in [0.1, 0.15) is 10.4 Å². The summed E-state index contributed by atoms with van der Waals surface area (Å²) >= 11 is 0. The van der Waals surface area contributed by atoms with E-state index < -0.39 is 5.97 Å². The molecule has 4 heteroatoms. The quantitative estimate of drug-likeness (QED) is 0.824. The molecule has 1 aromatic heterocycles. The third kappa shape index (κ3) is 2.17. The van der Waals surface area contributed by atoms with Gasteiger partial charge in [0.15, 0.2) is 0 Å². The molecule has 0 atom stereocenters. The molecular weight excluding hydrogens is 204 g/mol. The number of aromatic nitrogens is 1. The van der Waals surface area contributed by atoms with Gasteiger partial charge >= 0.3 is 5.97 Å². The number of para-hydroxylation sites is 1. The number of carboxylic acid groups (broad SMARTS) is 1. The number of carboxylic acids is 1. The minimum absolute atomic E-state index is 0.230. The fourth-order valence-electron chi connectivity index (χ4n) is 1.35. The zero-order valence-corrected chi connectivity index (χ0v) is 8.42. The highest BCUT2D eigenvalue weighted by molar-refractivity contribution is 5.94. The first-order valence-corrected chi connectivity index (χ1v) is 4.78. The molecule has 0 aliphatic carbocycles. The first kappa shape index (κ1) is 10.2. The zero-order chi connectivity index (χ0) is 11.4. The summed E-state index contributed by atoms with van der Waals surface area (Å²) < 4.78 is 0. The van der Waals surface area contributed by atoms with E-state index in [4.69, 9.17) is 5.11 Å². The van der Waals surface area contributed by atoms with Gasteiger partial charge in [-0.2, -0.15) is 0 Å². The lowest BCUT2D eigenvalue weighted by atomic mass is 10.2. The van der Waals surface area contributed by atoms with Crippen molar-refractivity contribution < 1.29 is 9.90 Å². The van der Waals surface area contributed by atoms with Gasteiger partial charge in [0.2, 0.25) is 0 Å². The van der Waals surface area contributed by atoms with Gasteiger partial charge in [0.05, 0.1) is 11.3 Å². The van der Waals surface area contributed by atoms with Crippen LogP contribution >= 0.6 is 0 Å². The third-order valence-electron chi connectivity index (χ3n) is 2.09. The molecule has 0 aliphatic rings. The maximum absolute atomic E-state index is 11.0. The number of aromatic carboxylic acids is 1. The van der Waals surface area contributed by atoms with E-state index in [0.29, 0.717) is 11.5 Å². The summed E-state index contributed by atoms with van der Waals surface area (Å²) in [5, 5.41) is 11.9. The Bertz CT molecular complexity index is 497. The van der Waals surface area contributed by atoms with Crippen molar-refractivity contribution >= 4 is 17.5 Å². The molecular formula is C12H10N2O2. The van der Waals surface area contributed by atoms with Crippen molar-refractivity contribution in [1.82, 2.24) is 4.98 Å². The lowest BCUT2D eigenvalue weighted by Crippen LogP contribution is -2.02. The molecule has 4 nitrogen and oxygen atoms in total. The molecule has 0 spiro atoms. The van der Waals surface area contributed by atoms with E-state index in [2.05, 4.69) is 10.3 Å².